The van der Waals surface area contributed by atoms with Crippen molar-refractivity contribution in [1.82, 2.24) is 5.32 Å². The van der Waals surface area contributed by atoms with E-state index in [9.17, 15) is 13.2 Å². The van der Waals surface area contributed by atoms with Gasteiger partial charge in [-0.05, 0) is 38.0 Å². The lowest BCUT2D eigenvalue weighted by molar-refractivity contribution is 0.0935. The van der Waals surface area contributed by atoms with E-state index in [1.54, 1.807) is 0 Å². The topological polar surface area (TPSA) is 63.2 Å². The first kappa shape index (κ1) is 13.6. The van der Waals surface area contributed by atoms with E-state index in [0.717, 1.165) is 12.8 Å². The number of amides is 1. The van der Waals surface area contributed by atoms with Crippen LogP contribution in [-0.2, 0) is 9.05 Å². The fourth-order valence-corrected chi connectivity index (χ4v) is 2.60. The summed E-state index contributed by atoms with van der Waals surface area (Å²) in [4.78, 5) is 11.7. The number of nitrogens with one attached hydrogen (secondary N) is 1. The van der Waals surface area contributed by atoms with Crippen molar-refractivity contribution in [3.05, 3.63) is 28.8 Å². The Hall–Kier alpha value is -0.780. The summed E-state index contributed by atoms with van der Waals surface area (Å²) in [6.07, 6.45) is 1.83. The third kappa shape index (κ3) is 3.16. The molecule has 1 aliphatic carbocycles. The second kappa shape index (κ2) is 4.40. The highest BCUT2D eigenvalue weighted by Gasteiger charge is 2.38. The van der Waals surface area contributed by atoms with Crippen LogP contribution < -0.4 is 5.32 Å². The van der Waals surface area contributed by atoms with Crippen LogP contribution in [0.4, 0.5) is 0 Å². The number of hydrogen-bond donors (Lipinski definition) is 1. The highest BCUT2D eigenvalue weighted by molar-refractivity contribution is 8.13. The molecule has 0 unspecified atom stereocenters. The molecule has 0 saturated heterocycles. The maximum atomic E-state index is 11.9. The third-order valence-electron chi connectivity index (χ3n) is 2.83. The molecule has 0 heterocycles. The van der Waals surface area contributed by atoms with Gasteiger partial charge in [0, 0.05) is 26.8 Å². The van der Waals surface area contributed by atoms with Gasteiger partial charge in [0.25, 0.3) is 15.0 Å². The van der Waals surface area contributed by atoms with Gasteiger partial charge < -0.3 is 5.32 Å². The van der Waals surface area contributed by atoms with Crippen LogP contribution in [0.3, 0.4) is 0 Å². The highest BCUT2D eigenvalue weighted by atomic mass is 35.7. The highest BCUT2D eigenvalue weighted by Crippen LogP contribution is 2.34. The van der Waals surface area contributed by atoms with Crippen molar-refractivity contribution in [2.45, 2.75) is 30.2 Å². The van der Waals surface area contributed by atoms with Crippen LogP contribution in [0.1, 0.15) is 30.1 Å². The van der Waals surface area contributed by atoms with E-state index in [-0.39, 0.29) is 26.9 Å². The third-order valence-corrected chi connectivity index (χ3v) is 4.38. The molecule has 0 atom stereocenters. The lowest BCUT2D eigenvalue weighted by atomic mass is 10.2. The average molecular weight is 308 g/mol. The molecule has 1 aromatic carbocycles. The Labute approximate surface area is 115 Å². The lowest BCUT2D eigenvalue weighted by Gasteiger charge is -2.12. The predicted molar refractivity (Wildman–Crippen MR) is 69.6 cm³/mol. The molecule has 1 N–H and O–H groups in total. The molecular formula is C11H11Cl2NO3S. The summed E-state index contributed by atoms with van der Waals surface area (Å²) in [6.45, 7) is 1.93. The van der Waals surface area contributed by atoms with Gasteiger partial charge >= 0.3 is 0 Å². The Bertz CT molecular complexity index is 609. The van der Waals surface area contributed by atoms with Crippen molar-refractivity contribution in [2.24, 2.45) is 0 Å². The van der Waals surface area contributed by atoms with Crippen LogP contribution in [-0.4, -0.2) is 19.9 Å². The number of rotatable bonds is 3. The SMILES string of the molecule is CC1(NC(=O)c2cc(Cl)cc(S(=O)(=O)Cl)c2)CC1. The van der Waals surface area contributed by atoms with Crippen LogP contribution in [0, 0.1) is 0 Å². The quantitative estimate of drug-likeness (QED) is 0.873. The smallest absolute Gasteiger partial charge is 0.261 e. The van der Waals surface area contributed by atoms with Crippen LogP contribution in [0.25, 0.3) is 0 Å². The molecule has 98 valence electrons. The van der Waals surface area contributed by atoms with E-state index in [0.29, 0.717) is 0 Å². The Morgan fingerprint density at radius 2 is 1.94 bits per heavy atom. The van der Waals surface area contributed by atoms with Crippen LogP contribution in [0.15, 0.2) is 23.1 Å². The second-order valence-corrected chi connectivity index (χ2v) is 7.63. The number of halogens is 2. The standard InChI is InChI=1S/C11H11Cl2NO3S/c1-11(2-3-11)14-10(15)7-4-8(12)6-9(5-7)18(13,16)17/h4-6H,2-3H2,1H3,(H,14,15). The Morgan fingerprint density at radius 3 is 2.44 bits per heavy atom. The molecule has 0 bridgehead atoms. The fourth-order valence-electron chi connectivity index (χ4n) is 1.49. The molecule has 7 heteroatoms. The first-order chi connectivity index (χ1) is 8.20. The van der Waals surface area contributed by atoms with Crippen LogP contribution in [0.5, 0.6) is 0 Å². The van der Waals surface area contributed by atoms with Crippen molar-refractivity contribution >= 4 is 37.2 Å². The van der Waals surface area contributed by atoms with Gasteiger partial charge in [-0.1, -0.05) is 11.6 Å². The molecule has 1 saturated carbocycles. The van der Waals surface area contributed by atoms with E-state index in [1.807, 2.05) is 6.92 Å². The van der Waals surface area contributed by atoms with E-state index >= 15 is 0 Å². The number of hydrogen-bond acceptors (Lipinski definition) is 3. The van der Waals surface area contributed by atoms with Crippen molar-refractivity contribution in [1.29, 1.82) is 0 Å². The fraction of sp³-hybridized carbons (Fsp3) is 0.364. The van der Waals surface area contributed by atoms with Crippen molar-refractivity contribution < 1.29 is 13.2 Å². The Morgan fingerprint density at radius 1 is 1.33 bits per heavy atom. The summed E-state index contributed by atoms with van der Waals surface area (Å²) >= 11 is 5.78. The largest absolute Gasteiger partial charge is 0.347 e. The zero-order valence-electron chi connectivity index (χ0n) is 9.54. The summed E-state index contributed by atoms with van der Waals surface area (Å²) in [5.41, 5.74) is 0.00853. The first-order valence-electron chi connectivity index (χ1n) is 5.27. The molecule has 1 amide bonds. The van der Waals surface area contributed by atoms with Gasteiger partial charge in [0.1, 0.15) is 0 Å². The zero-order chi connectivity index (χ0) is 13.6. The molecule has 18 heavy (non-hydrogen) atoms. The number of benzene rings is 1. The van der Waals surface area contributed by atoms with Gasteiger partial charge in [0.05, 0.1) is 4.90 Å². The van der Waals surface area contributed by atoms with Crippen molar-refractivity contribution in [3.8, 4) is 0 Å². The van der Waals surface area contributed by atoms with E-state index in [2.05, 4.69) is 5.32 Å². The van der Waals surface area contributed by atoms with Crippen LogP contribution in [0.2, 0.25) is 5.02 Å². The van der Waals surface area contributed by atoms with Gasteiger partial charge in [-0.3, -0.25) is 4.79 Å². The minimum atomic E-state index is -3.90. The monoisotopic (exact) mass is 307 g/mol. The van der Waals surface area contributed by atoms with Gasteiger partial charge in [-0.15, -0.1) is 0 Å². The summed E-state index contributed by atoms with van der Waals surface area (Å²) in [6, 6.07) is 3.84. The molecule has 0 spiro atoms. The normalized spacial score (nSPS) is 17.3. The lowest BCUT2D eigenvalue weighted by Crippen LogP contribution is -2.34. The van der Waals surface area contributed by atoms with Gasteiger partial charge in [-0.25, -0.2) is 8.42 Å². The van der Waals surface area contributed by atoms with Gasteiger partial charge in [0.2, 0.25) is 0 Å². The number of carbonyl (C=O) groups excluding carboxylic acids is 1. The minimum absolute atomic E-state index is 0.155. The van der Waals surface area contributed by atoms with E-state index in [1.165, 1.54) is 18.2 Å². The summed E-state index contributed by atoms with van der Waals surface area (Å²) in [5.74, 6) is -0.348. The molecule has 2 rings (SSSR count). The summed E-state index contributed by atoms with van der Waals surface area (Å²) in [5, 5.41) is 2.97. The summed E-state index contributed by atoms with van der Waals surface area (Å²) < 4.78 is 22.5. The first-order valence-corrected chi connectivity index (χ1v) is 7.96. The molecule has 1 fully saturated rings. The molecule has 0 radical (unpaired) electrons. The molecule has 1 aromatic rings. The average Bonchev–Trinajstić information content (AvgIpc) is 2.93. The van der Waals surface area contributed by atoms with E-state index in [4.69, 9.17) is 22.3 Å². The van der Waals surface area contributed by atoms with Crippen LogP contribution >= 0.6 is 22.3 Å². The predicted octanol–water partition coefficient (Wildman–Crippen LogP) is 2.55. The molecule has 1 aliphatic rings. The van der Waals surface area contributed by atoms with E-state index < -0.39 is 9.05 Å². The van der Waals surface area contributed by atoms with Gasteiger partial charge in [-0.2, -0.15) is 0 Å². The maximum Gasteiger partial charge on any atom is 0.261 e. The molecule has 4 nitrogen and oxygen atoms in total. The second-order valence-electron chi connectivity index (χ2n) is 4.63. The Balaban J connectivity index is 2.33. The van der Waals surface area contributed by atoms with Crippen molar-refractivity contribution in [2.75, 3.05) is 0 Å². The molecular weight excluding hydrogens is 297 g/mol. The zero-order valence-corrected chi connectivity index (χ0v) is 11.9. The Kier molecular flexibility index (Phi) is 3.34. The number of carbonyl (C=O) groups is 1. The van der Waals surface area contributed by atoms with Gasteiger partial charge in [0.15, 0.2) is 0 Å². The molecule has 0 aliphatic heterocycles. The summed E-state index contributed by atoms with van der Waals surface area (Å²) in [7, 11) is 1.33. The molecule has 0 aromatic heterocycles. The minimum Gasteiger partial charge on any atom is -0.347 e. The van der Waals surface area contributed by atoms with Crippen molar-refractivity contribution in [3.63, 3.8) is 0 Å². The maximum absolute atomic E-state index is 11.9.